The Morgan fingerprint density at radius 1 is 1.27 bits per heavy atom. The maximum atomic E-state index is 5.30. The molecular weight excluding hydrogens is 206 g/mol. The summed E-state index contributed by atoms with van der Waals surface area (Å²) in [6, 6.07) is 8.24. The summed E-state index contributed by atoms with van der Waals surface area (Å²) in [4.78, 5) is 4.27. The van der Waals surface area contributed by atoms with Gasteiger partial charge in [0.25, 0.3) is 0 Å². The molecule has 3 aromatic rings. The highest BCUT2D eigenvalue weighted by Crippen LogP contribution is 2.19. The Bertz CT molecular complexity index is 568. The van der Waals surface area contributed by atoms with E-state index in [4.69, 9.17) is 4.42 Å². The lowest BCUT2D eigenvalue weighted by Gasteiger charge is -1.97. The zero-order chi connectivity index (χ0) is 10.1. The van der Waals surface area contributed by atoms with Crippen molar-refractivity contribution in [1.29, 1.82) is 0 Å². The van der Waals surface area contributed by atoms with Crippen molar-refractivity contribution in [1.82, 2.24) is 4.98 Å². The normalized spacial score (nSPS) is 10.9. The molecule has 2 nitrogen and oxygen atoms in total. The molecule has 0 bridgehead atoms. The highest BCUT2D eigenvalue weighted by atomic mass is 32.1. The van der Waals surface area contributed by atoms with Crippen LogP contribution in [0.15, 0.2) is 46.5 Å². The van der Waals surface area contributed by atoms with Gasteiger partial charge < -0.3 is 4.42 Å². The average molecular weight is 215 g/mol. The number of nitrogens with zero attached hydrogens (tertiary/aromatic N) is 1. The SMILES string of the molecule is c1csc(Cc2ccc3occc3c2)n1. The van der Waals surface area contributed by atoms with Gasteiger partial charge in [0, 0.05) is 23.4 Å². The average Bonchev–Trinajstić information content (AvgIpc) is 2.87. The molecular formula is C12H9NOS. The van der Waals surface area contributed by atoms with Crippen molar-refractivity contribution in [3.8, 4) is 0 Å². The number of furan rings is 1. The van der Waals surface area contributed by atoms with Crippen molar-refractivity contribution in [2.24, 2.45) is 0 Å². The van der Waals surface area contributed by atoms with E-state index >= 15 is 0 Å². The van der Waals surface area contributed by atoms with Gasteiger partial charge in [-0.15, -0.1) is 11.3 Å². The number of thiazole rings is 1. The van der Waals surface area contributed by atoms with Crippen LogP contribution in [-0.4, -0.2) is 4.98 Å². The van der Waals surface area contributed by atoms with Gasteiger partial charge in [-0.25, -0.2) is 4.98 Å². The van der Waals surface area contributed by atoms with E-state index in [0.29, 0.717) is 0 Å². The van der Waals surface area contributed by atoms with Crippen LogP contribution < -0.4 is 0 Å². The summed E-state index contributed by atoms with van der Waals surface area (Å²) in [7, 11) is 0. The molecule has 0 atom stereocenters. The summed E-state index contributed by atoms with van der Waals surface area (Å²) in [5.74, 6) is 0. The van der Waals surface area contributed by atoms with Gasteiger partial charge in [0.2, 0.25) is 0 Å². The fraction of sp³-hybridized carbons (Fsp3) is 0.0833. The summed E-state index contributed by atoms with van der Waals surface area (Å²) in [5.41, 5.74) is 2.22. The fourth-order valence-corrected chi connectivity index (χ4v) is 2.29. The smallest absolute Gasteiger partial charge is 0.133 e. The van der Waals surface area contributed by atoms with Crippen LogP contribution in [0.3, 0.4) is 0 Å². The lowest BCUT2D eigenvalue weighted by Crippen LogP contribution is -1.85. The second-order valence-electron chi connectivity index (χ2n) is 3.40. The molecule has 0 amide bonds. The van der Waals surface area contributed by atoms with Crippen molar-refractivity contribution in [3.63, 3.8) is 0 Å². The molecule has 1 aromatic carbocycles. The third-order valence-electron chi connectivity index (χ3n) is 2.36. The molecule has 0 aliphatic carbocycles. The molecule has 0 saturated carbocycles. The molecule has 0 unspecified atom stereocenters. The minimum absolute atomic E-state index is 0.902. The molecule has 0 aliphatic rings. The Labute approximate surface area is 91.2 Å². The summed E-state index contributed by atoms with van der Waals surface area (Å²) in [5, 5.41) is 4.31. The second-order valence-corrected chi connectivity index (χ2v) is 4.37. The molecule has 2 heterocycles. The third-order valence-corrected chi connectivity index (χ3v) is 3.14. The van der Waals surface area contributed by atoms with E-state index < -0.39 is 0 Å². The van der Waals surface area contributed by atoms with Crippen molar-refractivity contribution < 1.29 is 4.42 Å². The molecule has 74 valence electrons. The van der Waals surface area contributed by atoms with Gasteiger partial charge >= 0.3 is 0 Å². The Balaban J connectivity index is 1.97. The summed E-state index contributed by atoms with van der Waals surface area (Å²) >= 11 is 1.69. The Hall–Kier alpha value is -1.61. The first-order valence-electron chi connectivity index (χ1n) is 4.76. The van der Waals surface area contributed by atoms with Crippen molar-refractivity contribution in [3.05, 3.63) is 52.7 Å². The zero-order valence-electron chi connectivity index (χ0n) is 8.01. The molecule has 2 aromatic heterocycles. The van der Waals surface area contributed by atoms with Crippen LogP contribution in [0.2, 0.25) is 0 Å². The molecule has 0 spiro atoms. The molecule has 0 aliphatic heterocycles. The largest absolute Gasteiger partial charge is 0.464 e. The summed E-state index contributed by atoms with van der Waals surface area (Å²) in [6.45, 7) is 0. The summed E-state index contributed by atoms with van der Waals surface area (Å²) in [6.07, 6.45) is 4.47. The number of hydrogen-bond donors (Lipinski definition) is 0. The molecule has 15 heavy (non-hydrogen) atoms. The maximum Gasteiger partial charge on any atom is 0.133 e. The highest BCUT2D eigenvalue weighted by Gasteiger charge is 2.01. The minimum Gasteiger partial charge on any atom is -0.464 e. The first-order chi connectivity index (χ1) is 7.42. The van der Waals surface area contributed by atoms with E-state index in [1.165, 1.54) is 5.56 Å². The monoisotopic (exact) mass is 215 g/mol. The van der Waals surface area contributed by atoms with Crippen LogP contribution >= 0.6 is 11.3 Å². The zero-order valence-corrected chi connectivity index (χ0v) is 8.83. The van der Waals surface area contributed by atoms with Gasteiger partial charge in [-0.2, -0.15) is 0 Å². The Kier molecular flexibility index (Phi) is 2.03. The lowest BCUT2D eigenvalue weighted by atomic mass is 10.1. The van der Waals surface area contributed by atoms with Crippen LogP contribution in [0.4, 0.5) is 0 Å². The van der Waals surface area contributed by atoms with E-state index in [9.17, 15) is 0 Å². The second kappa shape index (κ2) is 3.51. The number of aromatic nitrogens is 1. The Morgan fingerprint density at radius 2 is 2.27 bits per heavy atom. The van der Waals surface area contributed by atoms with Crippen LogP contribution in [0.25, 0.3) is 11.0 Å². The predicted octanol–water partition coefficient (Wildman–Crippen LogP) is 3.48. The number of benzene rings is 1. The number of rotatable bonds is 2. The first kappa shape index (κ1) is 8.68. The first-order valence-corrected chi connectivity index (χ1v) is 5.64. The fourth-order valence-electron chi connectivity index (χ4n) is 1.64. The van der Waals surface area contributed by atoms with E-state index in [0.717, 1.165) is 22.4 Å². The topological polar surface area (TPSA) is 26.0 Å². The standard InChI is InChI=1S/C12H9NOS/c1-2-11-10(3-5-14-11)7-9(1)8-12-13-4-6-15-12/h1-7H,8H2. The molecule has 0 radical (unpaired) electrons. The van der Waals surface area contributed by atoms with Crippen LogP contribution in [-0.2, 0) is 6.42 Å². The van der Waals surface area contributed by atoms with Crippen molar-refractivity contribution in [2.75, 3.05) is 0 Å². The maximum absolute atomic E-state index is 5.30. The van der Waals surface area contributed by atoms with Gasteiger partial charge in [-0.3, -0.25) is 0 Å². The van der Waals surface area contributed by atoms with Gasteiger partial charge in [-0.1, -0.05) is 6.07 Å². The number of hydrogen-bond acceptors (Lipinski definition) is 3. The number of fused-ring (bicyclic) bond motifs is 1. The lowest BCUT2D eigenvalue weighted by molar-refractivity contribution is 0.616. The van der Waals surface area contributed by atoms with Gasteiger partial charge in [0.1, 0.15) is 5.58 Å². The van der Waals surface area contributed by atoms with Crippen molar-refractivity contribution in [2.45, 2.75) is 6.42 Å². The quantitative estimate of drug-likeness (QED) is 0.654. The van der Waals surface area contributed by atoms with E-state index in [1.807, 2.05) is 23.7 Å². The molecule has 3 rings (SSSR count). The van der Waals surface area contributed by atoms with Crippen LogP contribution in [0.5, 0.6) is 0 Å². The molecule has 0 saturated heterocycles. The molecule has 3 heteroatoms. The van der Waals surface area contributed by atoms with E-state index in [1.54, 1.807) is 17.6 Å². The Morgan fingerprint density at radius 3 is 3.13 bits per heavy atom. The van der Waals surface area contributed by atoms with E-state index in [-0.39, 0.29) is 0 Å². The van der Waals surface area contributed by atoms with Gasteiger partial charge in [0.05, 0.1) is 11.3 Å². The van der Waals surface area contributed by atoms with Gasteiger partial charge in [0.15, 0.2) is 0 Å². The van der Waals surface area contributed by atoms with Crippen LogP contribution in [0.1, 0.15) is 10.6 Å². The third kappa shape index (κ3) is 1.66. The summed E-state index contributed by atoms with van der Waals surface area (Å²) < 4.78 is 5.30. The molecule has 0 N–H and O–H groups in total. The highest BCUT2D eigenvalue weighted by molar-refractivity contribution is 7.09. The molecule has 0 fully saturated rings. The van der Waals surface area contributed by atoms with Crippen LogP contribution in [0, 0.1) is 0 Å². The van der Waals surface area contributed by atoms with Gasteiger partial charge in [-0.05, 0) is 23.8 Å². The minimum atomic E-state index is 0.902. The van der Waals surface area contributed by atoms with E-state index in [2.05, 4.69) is 17.1 Å². The van der Waals surface area contributed by atoms with Crippen molar-refractivity contribution >= 4 is 22.3 Å². The predicted molar refractivity (Wildman–Crippen MR) is 61.1 cm³/mol.